The predicted molar refractivity (Wildman–Crippen MR) is 111 cm³/mol. The summed E-state index contributed by atoms with van der Waals surface area (Å²) in [5.41, 5.74) is 1.10. The van der Waals surface area contributed by atoms with E-state index in [0.717, 1.165) is 44.6 Å². The van der Waals surface area contributed by atoms with Gasteiger partial charge in [-0.05, 0) is 47.0 Å². The van der Waals surface area contributed by atoms with Gasteiger partial charge in [-0.3, -0.25) is 14.6 Å². The van der Waals surface area contributed by atoms with Crippen molar-refractivity contribution in [3.63, 3.8) is 0 Å². The second-order valence-electron chi connectivity index (χ2n) is 7.40. The van der Waals surface area contributed by atoms with Gasteiger partial charge < -0.3 is 15.1 Å². The molecule has 0 aromatic carbocycles. The Morgan fingerprint density at radius 2 is 1.86 bits per heavy atom. The minimum atomic E-state index is -0.169. The van der Waals surface area contributed by atoms with Gasteiger partial charge in [0, 0.05) is 31.7 Å². The van der Waals surface area contributed by atoms with Crippen molar-refractivity contribution in [1.29, 1.82) is 0 Å². The minimum Gasteiger partial charge on any atom is -0.354 e. The molecule has 0 fully saturated rings. The number of quaternary nitrogens is 1. The molecule has 0 unspecified atom stereocenters. The van der Waals surface area contributed by atoms with Crippen molar-refractivity contribution >= 4 is 11.8 Å². The number of nitrogens with one attached hydrogen (secondary N) is 2. The second-order valence-corrected chi connectivity index (χ2v) is 7.40. The molecule has 0 bridgehead atoms. The Morgan fingerprint density at radius 1 is 1.14 bits per heavy atom. The van der Waals surface area contributed by atoms with Crippen molar-refractivity contribution in [2.45, 2.75) is 66.3 Å². The average molecular weight is 393 g/mol. The van der Waals surface area contributed by atoms with Gasteiger partial charge in [-0.25, -0.2) is 4.98 Å². The van der Waals surface area contributed by atoms with Crippen LogP contribution < -0.4 is 10.2 Å². The van der Waals surface area contributed by atoms with Crippen molar-refractivity contribution in [3.8, 4) is 0 Å². The van der Waals surface area contributed by atoms with Crippen LogP contribution in [0, 0.1) is 6.92 Å². The largest absolute Gasteiger partial charge is 0.354 e. The summed E-state index contributed by atoms with van der Waals surface area (Å²) in [5, 5.41) is 3.06. The summed E-state index contributed by atoms with van der Waals surface area (Å²) >= 11 is 0. The summed E-state index contributed by atoms with van der Waals surface area (Å²) in [5.74, 6) is -0.177. The molecule has 1 aromatic rings. The third-order valence-corrected chi connectivity index (χ3v) is 4.96. The van der Waals surface area contributed by atoms with Crippen LogP contribution in [-0.2, 0) is 4.79 Å². The number of rotatable bonds is 13. The number of aromatic nitrogens is 2. The molecule has 0 spiro atoms. The first-order valence-electron chi connectivity index (χ1n) is 10.6. The van der Waals surface area contributed by atoms with Crippen LogP contribution in [0.2, 0.25) is 0 Å². The van der Waals surface area contributed by atoms with Gasteiger partial charge >= 0.3 is 0 Å². The minimum absolute atomic E-state index is 0.00780. The molecule has 2 N–H and O–H groups in total. The average Bonchev–Trinajstić information content (AvgIpc) is 2.68. The zero-order valence-corrected chi connectivity index (χ0v) is 18.3. The lowest BCUT2D eigenvalue weighted by Crippen LogP contribution is -3.11. The monoisotopic (exact) mass is 392 g/mol. The fourth-order valence-corrected chi connectivity index (χ4v) is 3.17. The van der Waals surface area contributed by atoms with E-state index < -0.39 is 0 Å². The number of nitrogens with zero attached hydrogens (tertiary/aromatic N) is 3. The number of amides is 2. The van der Waals surface area contributed by atoms with Crippen LogP contribution in [0.4, 0.5) is 0 Å². The van der Waals surface area contributed by atoms with Crippen LogP contribution in [0.1, 0.15) is 69.6 Å². The Morgan fingerprint density at radius 3 is 2.43 bits per heavy atom. The lowest BCUT2D eigenvalue weighted by Gasteiger charge is -2.22. The molecule has 158 valence electrons. The third kappa shape index (κ3) is 8.78. The Hall–Kier alpha value is -2.02. The second kappa shape index (κ2) is 13.2. The molecular weight excluding hydrogens is 354 g/mol. The smallest absolute Gasteiger partial charge is 0.274 e. The van der Waals surface area contributed by atoms with E-state index in [1.165, 1.54) is 6.20 Å². The highest BCUT2D eigenvalue weighted by Gasteiger charge is 2.18. The van der Waals surface area contributed by atoms with E-state index in [0.29, 0.717) is 25.2 Å². The first-order valence-corrected chi connectivity index (χ1v) is 10.6. The molecule has 0 aliphatic carbocycles. The van der Waals surface area contributed by atoms with Gasteiger partial charge in [-0.1, -0.05) is 6.92 Å². The zero-order valence-electron chi connectivity index (χ0n) is 18.3. The maximum atomic E-state index is 12.6. The normalized spacial score (nSPS) is 12.1. The molecule has 0 aliphatic heterocycles. The Kier molecular flexibility index (Phi) is 11.3. The van der Waals surface area contributed by atoms with Gasteiger partial charge in [0.25, 0.3) is 5.91 Å². The van der Waals surface area contributed by atoms with Crippen LogP contribution in [0.3, 0.4) is 0 Å². The topological polar surface area (TPSA) is 79.6 Å². The van der Waals surface area contributed by atoms with Crippen molar-refractivity contribution in [1.82, 2.24) is 20.2 Å². The first-order chi connectivity index (χ1) is 13.4. The molecular formula is C21H38N5O2+. The molecule has 1 rings (SSSR count). The summed E-state index contributed by atoms with van der Waals surface area (Å²) < 4.78 is 0. The summed E-state index contributed by atoms with van der Waals surface area (Å²) in [4.78, 5) is 36.5. The van der Waals surface area contributed by atoms with Crippen molar-refractivity contribution < 1.29 is 14.5 Å². The molecule has 0 saturated heterocycles. The molecule has 1 aromatic heterocycles. The molecule has 0 aliphatic rings. The quantitative estimate of drug-likeness (QED) is 0.529. The molecule has 1 atom stereocenters. The highest BCUT2D eigenvalue weighted by Crippen LogP contribution is 2.04. The van der Waals surface area contributed by atoms with E-state index in [4.69, 9.17) is 0 Å². The van der Waals surface area contributed by atoms with Crippen LogP contribution in [0.5, 0.6) is 0 Å². The van der Waals surface area contributed by atoms with E-state index >= 15 is 0 Å². The maximum absolute atomic E-state index is 12.6. The maximum Gasteiger partial charge on any atom is 0.274 e. The van der Waals surface area contributed by atoms with Gasteiger partial charge in [0.15, 0.2) is 0 Å². The Labute approximate surface area is 169 Å². The van der Waals surface area contributed by atoms with E-state index in [9.17, 15) is 9.59 Å². The summed E-state index contributed by atoms with van der Waals surface area (Å²) in [7, 11) is 0. The first kappa shape index (κ1) is 24.0. The van der Waals surface area contributed by atoms with Crippen LogP contribution in [-0.4, -0.2) is 65.4 Å². The van der Waals surface area contributed by atoms with E-state index in [1.807, 2.05) is 20.8 Å². The molecule has 7 heteroatoms. The van der Waals surface area contributed by atoms with Crippen LogP contribution in [0.25, 0.3) is 0 Å². The van der Waals surface area contributed by atoms with E-state index in [2.05, 4.69) is 29.1 Å². The van der Waals surface area contributed by atoms with Gasteiger partial charge in [0.2, 0.25) is 5.91 Å². The summed E-state index contributed by atoms with van der Waals surface area (Å²) in [6.07, 6.45) is 6.30. The van der Waals surface area contributed by atoms with E-state index in [-0.39, 0.29) is 17.9 Å². The predicted octanol–water partition coefficient (Wildman–Crippen LogP) is 1.24. The van der Waals surface area contributed by atoms with Crippen molar-refractivity contribution in [3.05, 3.63) is 23.8 Å². The van der Waals surface area contributed by atoms with Crippen LogP contribution in [0.15, 0.2) is 12.4 Å². The molecule has 7 nitrogen and oxygen atoms in total. The fourth-order valence-electron chi connectivity index (χ4n) is 3.17. The SMILES string of the molecule is CCCN(CCC(=O)N[C@@H](C)CCC[NH+](CC)CC)C(=O)c1cnc(C)cn1. The van der Waals surface area contributed by atoms with Gasteiger partial charge in [-0.15, -0.1) is 0 Å². The lowest BCUT2D eigenvalue weighted by molar-refractivity contribution is -0.896. The van der Waals surface area contributed by atoms with Crippen molar-refractivity contribution in [2.75, 3.05) is 32.7 Å². The molecule has 28 heavy (non-hydrogen) atoms. The van der Waals surface area contributed by atoms with Crippen molar-refractivity contribution in [2.24, 2.45) is 0 Å². The lowest BCUT2D eigenvalue weighted by atomic mass is 10.1. The number of carbonyl (C=O) groups excluding carboxylic acids is 2. The molecule has 2 amide bonds. The Balaban J connectivity index is 2.44. The third-order valence-electron chi connectivity index (χ3n) is 4.96. The molecule has 0 radical (unpaired) electrons. The van der Waals surface area contributed by atoms with Gasteiger partial charge in [0.05, 0.1) is 31.5 Å². The summed E-state index contributed by atoms with van der Waals surface area (Å²) in [6.45, 7) is 14.7. The van der Waals surface area contributed by atoms with E-state index in [1.54, 1.807) is 16.0 Å². The number of carbonyl (C=O) groups is 2. The fraction of sp³-hybridized carbons (Fsp3) is 0.714. The highest BCUT2D eigenvalue weighted by molar-refractivity contribution is 5.92. The zero-order chi connectivity index (χ0) is 20.9. The Bertz CT molecular complexity index is 587. The van der Waals surface area contributed by atoms with Gasteiger partial charge in [-0.2, -0.15) is 0 Å². The summed E-state index contributed by atoms with van der Waals surface area (Å²) in [6, 6.07) is 0.153. The number of hydrogen-bond donors (Lipinski definition) is 2. The number of hydrogen-bond acceptors (Lipinski definition) is 4. The highest BCUT2D eigenvalue weighted by atomic mass is 16.2. The molecule has 0 saturated carbocycles. The van der Waals surface area contributed by atoms with Crippen LogP contribution >= 0.6 is 0 Å². The van der Waals surface area contributed by atoms with Gasteiger partial charge in [0.1, 0.15) is 5.69 Å². The standard InChI is InChI=1S/C21H37N5O2/c1-6-12-26(21(28)19-16-22-18(5)15-23-19)14-11-20(27)24-17(4)10-9-13-25(7-2)8-3/h15-17H,6-14H2,1-5H3,(H,24,27)/p+1/t17-/m0/s1. The number of aryl methyl sites for hydroxylation is 1. The molecule has 1 heterocycles.